The first kappa shape index (κ1) is 11.3. The summed E-state index contributed by atoms with van der Waals surface area (Å²) in [5.41, 5.74) is 6.62. The molecule has 17 heavy (non-hydrogen) atoms. The highest BCUT2D eigenvalue weighted by Crippen LogP contribution is 2.19. The van der Waals surface area contributed by atoms with Crippen molar-refractivity contribution in [2.45, 2.75) is 19.3 Å². The Labute approximate surface area is 98.7 Å². The van der Waals surface area contributed by atoms with Gasteiger partial charge < -0.3 is 11.1 Å². The molecule has 5 nitrogen and oxygen atoms in total. The van der Waals surface area contributed by atoms with Crippen LogP contribution in [0.2, 0.25) is 0 Å². The number of hydrogen-bond acceptors (Lipinski definition) is 3. The maximum atomic E-state index is 11.7. The van der Waals surface area contributed by atoms with Crippen molar-refractivity contribution < 1.29 is 9.59 Å². The summed E-state index contributed by atoms with van der Waals surface area (Å²) in [6.07, 6.45) is 6.18. The molecule has 0 saturated heterocycles. The topological polar surface area (TPSA) is 85.1 Å². The smallest absolute Gasteiger partial charge is 0.267 e. The van der Waals surface area contributed by atoms with Gasteiger partial charge in [0, 0.05) is 5.57 Å². The molecule has 1 aromatic heterocycles. The molecule has 2 amide bonds. The fourth-order valence-electron chi connectivity index (χ4n) is 1.70. The number of aromatic nitrogens is 1. The van der Waals surface area contributed by atoms with Crippen LogP contribution in [0.4, 0.5) is 5.69 Å². The normalized spacial score (nSPS) is 14.2. The maximum Gasteiger partial charge on any atom is 0.267 e. The van der Waals surface area contributed by atoms with Crippen LogP contribution in [0.25, 0.3) is 0 Å². The first-order valence-corrected chi connectivity index (χ1v) is 5.43. The van der Waals surface area contributed by atoms with E-state index >= 15 is 0 Å². The molecular formula is C12H13N3O2. The monoisotopic (exact) mass is 231 g/mol. The Morgan fingerprint density at radius 3 is 2.71 bits per heavy atom. The highest BCUT2D eigenvalue weighted by Gasteiger charge is 2.13. The van der Waals surface area contributed by atoms with E-state index in [2.05, 4.69) is 10.3 Å². The van der Waals surface area contributed by atoms with Crippen molar-refractivity contribution in [1.82, 2.24) is 4.98 Å². The van der Waals surface area contributed by atoms with Gasteiger partial charge in [-0.15, -0.1) is 0 Å². The van der Waals surface area contributed by atoms with E-state index in [0.717, 1.165) is 24.8 Å². The zero-order valence-corrected chi connectivity index (χ0v) is 9.27. The Hall–Kier alpha value is -2.17. The Morgan fingerprint density at radius 2 is 2.18 bits per heavy atom. The van der Waals surface area contributed by atoms with Gasteiger partial charge in [-0.25, -0.2) is 4.98 Å². The number of nitrogens with one attached hydrogen (secondary N) is 1. The molecule has 0 radical (unpaired) electrons. The number of pyridine rings is 1. The van der Waals surface area contributed by atoms with Gasteiger partial charge in [0.2, 0.25) is 0 Å². The van der Waals surface area contributed by atoms with Crippen molar-refractivity contribution in [2.75, 3.05) is 5.32 Å². The minimum Gasteiger partial charge on any atom is -0.364 e. The summed E-state index contributed by atoms with van der Waals surface area (Å²) >= 11 is 0. The first-order chi connectivity index (χ1) is 8.16. The van der Waals surface area contributed by atoms with E-state index in [1.165, 1.54) is 12.3 Å². The van der Waals surface area contributed by atoms with Crippen LogP contribution in [0, 0.1) is 0 Å². The van der Waals surface area contributed by atoms with Gasteiger partial charge in [-0.1, -0.05) is 6.08 Å². The lowest BCUT2D eigenvalue weighted by Gasteiger charge is -2.05. The van der Waals surface area contributed by atoms with Crippen LogP contribution in [0.3, 0.4) is 0 Å². The summed E-state index contributed by atoms with van der Waals surface area (Å²) in [6.45, 7) is 0. The highest BCUT2D eigenvalue weighted by molar-refractivity contribution is 6.04. The molecule has 0 unspecified atom stereocenters. The molecule has 0 fully saturated rings. The molecule has 2 rings (SSSR count). The maximum absolute atomic E-state index is 11.7. The van der Waals surface area contributed by atoms with Gasteiger partial charge in [0.15, 0.2) is 0 Å². The van der Waals surface area contributed by atoms with E-state index in [0.29, 0.717) is 5.69 Å². The predicted molar refractivity (Wildman–Crippen MR) is 63.3 cm³/mol. The molecule has 0 atom stereocenters. The van der Waals surface area contributed by atoms with Crippen LogP contribution in [0.1, 0.15) is 29.8 Å². The molecule has 1 heterocycles. The molecule has 5 heteroatoms. The van der Waals surface area contributed by atoms with Crippen molar-refractivity contribution in [3.05, 3.63) is 35.7 Å². The predicted octanol–water partition coefficient (Wildman–Crippen LogP) is 1.23. The number of hydrogen-bond donors (Lipinski definition) is 2. The molecule has 1 aromatic rings. The lowest BCUT2D eigenvalue weighted by molar-refractivity contribution is -0.112. The fraction of sp³-hybridized carbons (Fsp3) is 0.250. The molecule has 1 aliphatic carbocycles. The number of allylic oxidation sites excluding steroid dienone is 1. The van der Waals surface area contributed by atoms with E-state index in [-0.39, 0.29) is 11.6 Å². The second-order valence-electron chi connectivity index (χ2n) is 3.87. The molecule has 0 spiro atoms. The van der Waals surface area contributed by atoms with Crippen molar-refractivity contribution in [2.24, 2.45) is 5.73 Å². The van der Waals surface area contributed by atoms with E-state index in [1.54, 1.807) is 6.07 Å². The largest absolute Gasteiger partial charge is 0.364 e. The molecule has 3 N–H and O–H groups in total. The molecule has 0 saturated carbocycles. The molecule has 0 bridgehead atoms. The number of rotatable bonds is 3. The van der Waals surface area contributed by atoms with Gasteiger partial charge in [0.25, 0.3) is 11.8 Å². The quantitative estimate of drug-likeness (QED) is 0.820. The minimum atomic E-state index is -0.582. The Bertz CT molecular complexity index is 477. The highest BCUT2D eigenvalue weighted by atomic mass is 16.2. The summed E-state index contributed by atoms with van der Waals surface area (Å²) in [5.74, 6) is -0.683. The van der Waals surface area contributed by atoms with Crippen molar-refractivity contribution >= 4 is 17.5 Å². The average Bonchev–Trinajstić information content (AvgIpc) is 2.83. The zero-order valence-electron chi connectivity index (χ0n) is 9.27. The van der Waals surface area contributed by atoms with Gasteiger partial charge in [-0.3, -0.25) is 9.59 Å². The van der Waals surface area contributed by atoms with Gasteiger partial charge in [0.1, 0.15) is 5.69 Å². The second kappa shape index (κ2) is 4.78. The third-order valence-corrected chi connectivity index (χ3v) is 2.61. The van der Waals surface area contributed by atoms with Crippen LogP contribution >= 0.6 is 0 Å². The molecule has 0 aromatic carbocycles. The van der Waals surface area contributed by atoms with Crippen LogP contribution in [-0.4, -0.2) is 16.8 Å². The van der Waals surface area contributed by atoms with Crippen LogP contribution < -0.4 is 11.1 Å². The van der Waals surface area contributed by atoms with Gasteiger partial charge >= 0.3 is 0 Å². The first-order valence-electron chi connectivity index (χ1n) is 5.43. The summed E-state index contributed by atoms with van der Waals surface area (Å²) in [7, 11) is 0. The third-order valence-electron chi connectivity index (χ3n) is 2.61. The lowest BCUT2D eigenvalue weighted by atomic mass is 10.2. The van der Waals surface area contributed by atoms with E-state index in [9.17, 15) is 9.59 Å². The number of carbonyl (C=O) groups excluding carboxylic acids is 2. The lowest BCUT2D eigenvalue weighted by Crippen LogP contribution is -2.15. The van der Waals surface area contributed by atoms with Crippen LogP contribution in [-0.2, 0) is 4.79 Å². The number of amides is 2. The zero-order chi connectivity index (χ0) is 12.3. The Balaban J connectivity index is 2.03. The average molecular weight is 231 g/mol. The summed E-state index contributed by atoms with van der Waals surface area (Å²) < 4.78 is 0. The van der Waals surface area contributed by atoms with Crippen molar-refractivity contribution in [3.63, 3.8) is 0 Å². The van der Waals surface area contributed by atoms with Gasteiger partial charge in [-0.05, 0) is 31.4 Å². The molecule has 88 valence electrons. The van der Waals surface area contributed by atoms with Crippen LogP contribution in [0.15, 0.2) is 30.0 Å². The fourth-order valence-corrected chi connectivity index (χ4v) is 1.70. The van der Waals surface area contributed by atoms with E-state index < -0.39 is 5.91 Å². The number of primary amides is 1. The summed E-state index contributed by atoms with van der Waals surface area (Å²) in [4.78, 5) is 26.4. The Kier molecular flexibility index (Phi) is 3.18. The number of nitrogens with two attached hydrogens (primary N) is 1. The second-order valence-corrected chi connectivity index (χ2v) is 3.87. The van der Waals surface area contributed by atoms with Gasteiger partial charge in [-0.2, -0.15) is 0 Å². The summed E-state index contributed by atoms with van der Waals surface area (Å²) in [5, 5.41) is 2.73. The number of nitrogens with zero attached hydrogens (tertiary/aromatic N) is 1. The standard InChI is InChI=1S/C12H13N3O2/c13-11(16)10-6-5-9(7-14-10)15-12(17)8-3-1-2-4-8/h3,5-7H,1-2,4H2,(H2,13,16)(H,15,17). The molecule has 1 aliphatic rings. The molecular weight excluding hydrogens is 218 g/mol. The minimum absolute atomic E-state index is 0.101. The number of carbonyl (C=O) groups is 2. The van der Waals surface area contributed by atoms with Crippen molar-refractivity contribution in [3.8, 4) is 0 Å². The number of anilines is 1. The van der Waals surface area contributed by atoms with E-state index in [4.69, 9.17) is 5.73 Å². The SMILES string of the molecule is NC(=O)c1ccc(NC(=O)C2=CCCC2)cn1. The van der Waals surface area contributed by atoms with E-state index in [1.807, 2.05) is 6.08 Å². The van der Waals surface area contributed by atoms with Crippen molar-refractivity contribution in [1.29, 1.82) is 0 Å². The molecule has 0 aliphatic heterocycles. The third kappa shape index (κ3) is 2.69. The summed E-state index contributed by atoms with van der Waals surface area (Å²) in [6, 6.07) is 3.10. The van der Waals surface area contributed by atoms with Gasteiger partial charge in [0.05, 0.1) is 11.9 Å². The van der Waals surface area contributed by atoms with Crippen LogP contribution in [0.5, 0.6) is 0 Å². The Morgan fingerprint density at radius 1 is 1.35 bits per heavy atom.